The van der Waals surface area contributed by atoms with Gasteiger partial charge in [0.15, 0.2) is 0 Å². The van der Waals surface area contributed by atoms with Crippen LogP contribution in [0.1, 0.15) is 51.9 Å². The van der Waals surface area contributed by atoms with Crippen LogP contribution in [-0.4, -0.2) is 11.2 Å². The van der Waals surface area contributed by atoms with Gasteiger partial charge in [-0.1, -0.05) is 18.6 Å². The average Bonchev–Trinajstić information content (AvgIpc) is 2.16. The Balaban J connectivity index is 2.17. The molecule has 1 N–H and O–H groups in total. The van der Waals surface area contributed by atoms with Crippen molar-refractivity contribution >= 4 is 0 Å². The molecule has 0 radical (unpaired) electrons. The molecular weight excluding hydrogens is 148 g/mol. The van der Waals surface area contributed by atoms with Crippen LogP contribution in [0.25, 0.3) is 0 Å². The Hall–Kier alpha value is -0.300. The molecule has 0 amide bonds. The molecule has 1 heteroatoms. The Morgan fingerprint density at radius 3 is 2.92 bits per heavy atom. The smallest absolute Gasteiger partial charge is 0.0540 e. The van der Waals surface area contributed by atoms with Gasteiger partial charge in [-0.05, 0) is 44.9 Å². The third-order valence-electron chi connectivity index (χ3n) is 2.65. The minimum absolute atomic E-state index is 0.0761. The summed E-state index contributed by atoms with van der Waals surface area (Å²) in [5, 5.41) is 9.36. The van der Waals surface area contributed by atoms with Crippen LogP contribution >= 0.6 is 0 Å². The van der Waals surface area contributed by atoms with E-state index in [1.807, 2.05) is 6.92 Å². The van der Waals surface area contributed by atoms with E-state index in [1.165, 1.54) is 25.7 Å². The zero-order valence-corrected chi connectivity index (χ0v) is 8.05. The van der Waals surface area contributed by atoms with Gasteiger partial charge in [0, 0.05) is 0 Å². The maximum absolute atomic E-state index is 9.36. The third-order valence-corrected chi connectivity index (χ3v) is 2.65. The molecule has 0 fully saturated rings. The van der Waals surface area contributed by atoms with E-state index in [0.29, 0.717) is 0 Å². The first kappa shape index (κ1) is 9.79. The van der Waals surface area contributed by atoms with Gasteiger partial charge in [0.25, 0.3) is 0 Å². The molecule has 0 saturated carbocycles. The SMILES string of the molecule is CCC(O)CCC1=CCCCC1. The van der Waals surface area contributed by atoms with E-state index in [0.717, 1.165) is 19.3 Å². The van der Waals surface area contributed by atoms with Gasteiger partial charge in [-0.3, -0.25) is 0 Å². The van der Waals surface area contributed by atoms with Crippen molar-refractivity contribution in [2.45, 2.75) is 58.0 Å². The summed E-state index contributed by atoms with van der Waals surface area (Å²) in [6.07, 6.45) is 10.5. The average molecular weight is 168 g/mol. The lowest BCUT2D eigenvalue weighted by molar-refractivity contribution is 0.160. The maximum Gasteiger partial charge on any atom is 0.0540 e. The van der Waals surface area contributed by atoms with Crippen LogP contribution in [0, 0.1) is 0 Å². The van der Waals surface area contributed by atoms with Crippen LogP contribution in [-0.2, 0) is 0 Å². The van der Waals surface area contributed by atoms with Gasteiger partial charge in [-0.25, -0.2) is 0 Å². The van der Waals surface area contributed by atoms with Gasteiger partial charge < -0.3 is 5.11 Å². The highest BCUT2D eigenvalue weighted by molar-refractivity contribution is 5.04. The highest BCUT2D eigenvalue weighted by Gasteiger charge is 2.06. The highest BCUT2D eigenvalue weighted by Crippen LogP contribution is 2.22. The molecule has 1 unspecified atom stereocenters. The van der Waals surface area contributed by atoms with Crippen molar-refractivity contribution in [2.75, 3.05) is 0 Å². The van der Waals surface area contributed by atoms with Gasteiger partial charge in [-0.15, -0.1) is 0 Å². The largest absolute Gasteiger partial charge is 0.393 e. The summed E-state index contributed by atoms with van der Waals surface area (Å²) >= 11 is 0. The van der Waals surface area contributed by atoms with Gasteiger partial charge in [0.05, 0.1) is 6.10 Å². The fourth-order valence-electron chi connectivity index (χ4n) is 1.69. The zero-order valence-electron chi connectivity index (χ0n) is 8.05. The first-order valence-electron chi connectivity index (χ1n) is 5.19. The Labute approximate surface area is 75.5 Å². The molecule has 0 aromatic carbocycles. The van der Waals surface area contributed by atoms with E-state index < -0.39 is 0 Å². The van der Waals surface area contributed by atoms with E-state index in [1.54, 1.807) is 5.57 Å². The van der Waals surface area contributed by atoms with Crippen LogP contribution in [0.15, 0.2) is 11.6 Å². The number of rotatable bonds is 4. The summed E-state index contributed by atoms with van der Waals surface area (Å²) in [5.41, 5.74) is 1.58. The minimum Gasteiger partial charge on any atom is -0.393 e. The second-order valence-electron chi connectivity index (χ2n) is 3.71. The fraction of sp³-hybridized carbons (Fsp3) is 0.818. The lowest BCUT2D eigenvalue weighted by Gasteiger charge is -2.14. The summed E-state index contributed by atoms with van der Waals surface area (Å²) in [5.74, 6) is 0. The Kier molecular flexibility index (Phi) is 4.37. The van der Waals surface area contributed by atoms with E-state index in [4.69, 9.17) is 0 Å². The molecule has 0 aromatic heterocycles. The molecule has 0 spiro atoms. The summed E-state index contributed by atoms with van der Waals surface area (Å²) in [7, 11) is 0. The second-order valence-corrected chi connectivity index (χ2v) is 3.71. The topological polar surface area (TPSA) is 20.2 Å². The summed E-state index contributed by atoms with van der Waals surface area (Å²) in [4.78, 5) is 0. The number of aliphatic hydroxyl groups excluding tert-OH is 1. The molecule has 70 valence electrons. The van der Waals surface area contributed by atoms with Crippen LogP contribution in [0.2, 0.25) is 0 Å². The first-order valence-corrected chi connectivity index (χ1v) is 5.19. The third kappa shape index (κ3) is 3.40. The summed E-state index contributed by atoms with van der Waals surface area (Å²) < 4.78 is 0. The minimum atomic E-state index is -0.0761. The molecule has 1 nitrogen and oxygen atoms in total. The van der Waals surface area contributed by atoms with E-state index in [2.05, 4.69) is 6.08 Å². The molecule has 1 aliphatic carbocycles. The molecule has 0 heterocycles. The second kappa shape index (κ2) is 5.36. The molecular formula is C11H20O. The molecule has 0 aromatic rings. The number of hydrogen-bond acceptors (Lipinski definition) is 1. The quantitative estimate of drug-likeness (QED) is 0.640. The summed E-state index contributed by atoms with van der Waals surface area (Å²) in [6.45, 7) is 2.04. The predicted octanol–water partition coefficient (Wildman–Crippen LogP) is 3.04. The van der Waals surface area contributed by atoms with Gasteiger partial charge in [0.1, 0.15) is 0 Å². The van der Waals surface area contributed by atoms with Crippen molar-refractivity contribution < 1.29 is 5.11 Å². The van der Waals surface area contributed by atoms with Crippen LogP contribution in [0.4, 0.5) is 0 Å². The van der Waals surface area contributed by atoms with Crippen molar-refractivity contribution in [3.63, 3.8) is 0 Å². The molecule has 0 aliphatic heterocycles. The number of aliphatic hydroxyl groups is 1. The van der Waals surface area contributed by atoms with Crippen molar-refractivity contribution in [3.8, 4) is 0 Å². The Morgan fingerprint density at radius 2 is 2.33 bits per heavy atom. The zero-order chi connectivity index (χ0) is 8.81. The molecule has 1 rings (SSSR count). The Bertz CT molecular complexity index is 149. The van der Waals surface area contributed by atoms with E-state index in [9.17, 15) is 5.11 Å². The van der Waals surface area contributed by atoms with Gasteiger partial charge in [-0.2, -0.15) is 0 Å². The first-order chi connectivity index (χ1) is 5.83. The number of hydrogen-bond donors (Lipinski definition) is 1. The summed E-state index contributed by atoms with van der Waals surface area (Å²) in [6, 6.07) is 0. The van der Waals surface area contributed by atoms with Gasteiger partial charge in [0.2, 0.25) is 0 Å². The number of allylic oxidation sites excluding steroid dienone is 2. The highest BCUT2D eigenvalue weighted by atomic mass is 16.3. The molecule has 1 atom stereocenters. The van der Waals surface area contributed by atoms with Gasteiger partial charge >= 0.3 is 0 Å². The molecule has 0 bridgehead atoms. The molecule has 1 aliphatic rings. The van der Waals surface area contributed by atoms with Crippen molar-refractivity contribution in [1.29, 1.82) is 0 Å². The normalized spacial score (nSPS) is 20.3. The maximum atomic E-state index is 9.36. The Morgan fingerprint density at radius 1 is 1.50 bits per heavy atom. The van der Waals surface area contributed by atoms with Crippen LogP contribution in [0.5, 0.6) is 0 Å². The molecule has 0 saturated heterocycles. The van der Waals surface area contributed by atoms with Crippen LogP contribution in [0.3, 0.4) is 0 Å². The van der Waals surface area contributed by atoms with E-state index >= 15 is 0 Å². The van der Waals surface area contributed by atoms with Crippen molar-refractivity contribution in [1.82, 2.24) is 0 Å². The lowest BCUT2D eigenvalue weighted by Crippen LogP contribution is -2.05. The standard InChI is InChI=1S/C11H20O/c1-2-11(12)9-8-10-6-4-3-5-7-10/h6,11-12H,2-5,7-9H2,1H3. The fourth-order valence-corrected chi connectivity index (χ4v) is 1.69. The van der Waals surface area contributed by atoms with Crippen molar-refractivity contribution in [2.24, 2.45) is 0 Å². The van der Waals surface area contributed by atoms with Crippen LogP contribution < -0.4 is 0 Å². The van der Waals surface area contributed by atoms with Crippen molar-refractivity contribution in [3.05, 3.63) is 11.6 Å². The monoisotopic (exact) mass is 168 g/mol. The lowest BCUT2D eigenvalue weighted by atomic mass is 9.95. The van der Waals surface area contributed by atoms with E-state index in [-0.39, 0.29) is 6.10 Å². The molecule has 12 heavy (non-hydrogen) atoms. The predicted molar refractivity (Wildman–Crippen MR) is 52.1 cm³/mol.